The zero-order valence-corrected chi connectivity index (χ0v) is 15.4. The van der Waals surface area contributed by atoms with Crippen molar-refractivity contribution in [3.05, 3.63) is 40.2 Å². The number of aromatic nitrogens is 4. The van der Waals surface area contributed by atoms with Crippen LogP contribution >= 0.6 is 0 Å². The number of amides is 1. The third kappa shape index (κ3) is 3.89. The van der Waals surface area contributed by atoms with E-state index in [2.05, 4.69) is 29.2 Å². The van der Waals surface area contributed by atoms with Gasteiger partial charge in [-0.1, -0.05) is 6.92 Å². The van der Waals surface area contributed by atoms with Crippen LogP contribution in [0.3, 0.4) is 0 Å². The molecule has 134 valence electrons. The highest BCUT2D eigenvalue weighted by atomic mass is 16.1. The maximum atomic E-state index is 12.4. The van der Waals surface area contributed by atoms with Gasteiger partial charge < -0.3 is 5.32 Å². The number of hydrogen-bond acceptors (Lipinski definition) is 4. The van der Waals surface area contributed by atoms with Gasteiger partial charge in [0, 0.05) is 36.6 Å². The van der Waals surface area contributed by atoms with Crippen LogP contribution < -0.4 is 5.32 Å². The van der Waals surface area contributed by atoms with Crippen molar-refractivity contribution in [3.8, 4) is 0 Å². The van der Waals surface area contributed by atoms with Gasteiger partial charge in [-0.15, -0.1) is 0 Å². The number of rotatable bonds is 6. The highest BCUT2D eigenvalue weighted by Gasteiger charge is 2.16. The summed E-state index contributed by atoms with van der Waals surface area (Å²) in [5.74, 6) is 0.756. The van der Waals surface area contributed by atoms with Gasteiger partial charge in [0.15, 0.2) is 0 Å². The van der Waals surface area contributed by atoms with Crippen LogP contribution in [-0.2, 0) is 25.8 Å². The van der Waals surface area contributed by atoms with E-state index in [0.29, 0.717) is 18.5 Å². The number of fused-ring (bicyclic) bond motifs is 1. The van der Waals surface area contributed by atoms with Crippen LogP contribution in [0.25, 0.3) is 0 Å². The maximum Gasteiger partial charge on any atom is 0.254 e. The Morgan fingerprint density at radius 2 is 2.04 bits per heavy atom. The predicted octanol–water partition coefficient (Wildman–Crippen LogP) is 2.55. The third-order valence-electron chi connectivity index (χ3n) is 4.85. The Morgan fingerprint density at radius 3 is 2.84 bits per heavy atom. The van der Waals surface area contributed by atoms with E-state index >= 15 is 0 Å². The summed E-state index contributed by atoms with van der Waals surface area (Å²) in [5, 5.41) is 7.25. The molecule has 0 bridgehead atoms. The maximum absolute atomic E-state index is 12.4. The summed E-state index contributed by atoms with van der Waals surface area (Å²) in [6, 6.07) is 0. The quantitative estimate of drug-likeness (QED) is 0.876. The molecule has 1 aliphatic rings. The van der Waals surface area contributed by atoms with Crippen molar-refractivity contribution in [3.63, 3.8) is 0 Å². The van der Waals surface area contributed by atoms with E-state index in [9.17, 15) is 4.79 Å². The largest absolute Gasteiger partial charge is 0.351 e. The Balaban J connectivity index is 1.59. The predicted molar refractivity (Wildman–Crippen MR) is 96.7 cm³/mol. The topological polar surface area (TPSA) is 72.7 Å². The first-order valence-electron chi connectivity index (χ1n) is 9.26. The fourth-order valence-corrected chi connectivity index (χ4v) is 3.45. The van der Waals surface area contributed by atoms with Crippen molar-refractivity contribution in [2.75, 3.05) is 6.54 Å². The minimum atomic E-state index is -0.0745. The molecule has 0 aliphatic heterocycles. The molecule has 25 heavy (non-hydrogen) atoms. The van der Waals surface area contributed by atoms with Crippen LogP contribution in [-0.4, -0.2) is 32.2 Å². The molecule has 0 spiro atoms. The summed E-state index contributed by atoms with van der Waals surface area (Å²) < 4.78 is 1.88. The number of aryl methyl sites for hydroxylation is 3. The van der Waals surface area contributed by atoms with Crippen LogP contribution in [0.5, 0.6) is 0 Å². The summed E-state index contributed by atoms with van der Waals surface area (Å²) in [6.45, 7) is 7.48. The summed E-state index contributed by atoms with van der Waals surface area (Å²) in [5.41, 5.74) is 5.20. The minimum Gasteiger partial charge on any atom is -0.351 e. The van der Waals surface area contributed by atoms with Crippen molar-refractivity contribution in [1.82, 2.24) is 25.1 Å². The molecule has 0 atom stereocenters. The number of hydrogen-bond donors (Lipinski definition) is 1. The van der Waals surface area contributed by atoms with Gasteiger partial charge >= 0.3 is 0 Å². The number of carbonyl (C=O) groups excluding carboxylic acids is 1. The fourth-order valence-electron chi connectivity index (χ4n) is 3.45. The summed E-state index contributed by atoms with van der Waals surface area (Å²) in [7, 11) is 0. The lowest BCUT2D eigenvalue weighted by atomic mass is 9.95. The number of carbonyl (C=O) groups is 1. The lowest BCUT2D eigenvalue weighted by molar-refractivity contribution is 0.0953. The molecular formula is C19H27N5O. The third-order valence-corrected chi connectivity index (χ3v) is 4.85. The highest BCUT2D eigenvalue weighted by molar-refractivity contribution is 5.95. The molecule has 2 heterocycles. The van der Waals surface area contributed by atoms with E-state index in [0.717, 1.165) is 43.0 Å². The molecule has 0 unspecified atom stereocenters. The Morgan fingerprint density at radius 1 is 1.24 bits per heavy atom. The zero-order chi connectivity index (χ0) is 17.8. The van der Waals surface area contributed by atoms with Crippen LogP contribution in [0, 0.1) is 13.8 Å². The van der Waals surface area contributed by atoms with E-state index in [4.69, 9.17) is 4.98 Å². The fraction of sp³-hybridized carbons (Fsp3) is 0.579. The zero-order valence-electron chi connectivity index (χ0n) is 15.4. The first kappa shape index (κ1) is 17.6. The van der Waals surface area contributed by atoms with E-state index in [1.807, 2.05) is 11.6 Å². The lowest BCUT2D eigenvalue weighted by Gasteiger charge is -2.17. The van der Waals surface area contributed by atoms with E-state index in [1.165, 1.54) is 24.1 Å². The SMILES string of the molecule is CCCn1ncc(C(=O)NCCc2nc(C)c3c(n2)CCCC3)c1C. The molecule has 1 amide bonds. The lowest BCUT2D eigenvalue weighted by Crippen LogP contribution is -2.27. The van der Waals surface area contributed by atoms with Gasteiger partial charge in [0.05, 0.1) is 11.8 Å². The summed E-state index contributed by atoms with van der Waals surface area (Å²) >= 11 is 0. The smallest absolute Gasteiger partial charge is 0.254 e. The van der Waals surface area contributed by atoms with Gasteiger partial charge in [0.1, 0.15) is 5.82 Å². The van der Waals surface area contributed by atoms with Crippen LogP contribution in [0.4, 0.5) is 0 Å². The monoisotopic (exact) mass is 341 g/mol. The molecule has 0 saturated carbocycles. The molecule has 6 nitrogen and oxygen atoms in total. The van der Waals surface area contributed by atoms with E-state index in [1.54, 1.807) is 6.20 Å². The van der Waals surface area contributed by atoms with E-state index in [-0.39, 0.29) is 5.91 Å². The van der Waals surface area contributed by atoms with E-state index < -0.39 is 0 Å². The van der Waals surface area contributed by atoms with Gasteiger partial charge in [-0.3, -0.25) is 9.48 Å². The van der Waals surface area contributed by atoms with Gasteiger partial charge in [-0.25, -0.2) is 9.97 Å². The minimum absolute atomic E-state index is 0.0745. The standard InChI is InChI=1S/C19H27N5O/c1-4-11-24-14(3)16(12-21-24)19(25)20-10-9-18-22-13(2)15-7-5-6-8-17(15)23-18/h12H,4-11H2,1-3H3,(H,20,25). The summed E-state index contributed by atoms with van der Waals surface area (Å²) in [4.78, 5) is 21.7. The van der Waals surface area contributed by atoms with Crippen molar-refractivity contribution in [1.29, 1.82) is 0 Å². The first-order chi connectivity index (χ1) is 12.1. The van der Waals surface area contributed by atoms with Crippen LogP contribution in [0.2, 0.25) is 0 Å². The second-order valence-corrected chi connectivity index (χ2v) is 6.73. The molecular weight excluding hydrogens is 314 g/mol. The molecule has 2 aromatic rings. The molecule has 1 N–H and O–H groups in total. The van der Waals surface area contributed by atoms with Gasteiger partial charge in [0.2, 0.25) is 0 Å². The Hall–Kier alpha value is -2.24. The second-order valence-electron chi connectivity index (χ2n) is 6.73. The first-order valence-corrected chi connectivity index (χ1v) is 9.26. The normalized spacial score (nSPS) is 13.6. The second kappa shape index (κ2) is 7.76. The average molecular weight is 341 g/mol. The Bertz CT molecular complexity index is 765. The molecule has 0 aromatic carbocycles. The molecule has 6 heteroatoms. The number of nitrogens with one attached hydrogen (secondary N) is 1. The molecule has 0 saturated heterocycles. The highest BCUT2D eigenvalue weighted by Crippen LogP contribution is 2.21. The van der Waals surface area contributed by atoms with Gasteiger partial charge in [0.25, 0.3) is 5.91 Å². The number of nitrogens with zero attached hydrogens (tertiary/aromatic N) is 4. The Labute approximate surface area is 149 Å². The molecule has 2 aromatic heterocycles. The van der Waals surface area contributed by atoms with Crippen molar-refractivity contribution in [2.24, 2.45) is 0 Å². The average Bonchev–Trinajstić information content (AvgIpc) is 2.96. The van der Waals surface area contributed by atoms with Crippen molar-refractivity contribution < 1.29 is 4.79 Å². The van der Waals surface area contributed by atoms with Crippen LogP contribution in [0.1, 0.15) is 65.0 Å². The Kier molecular flexibility index (Phi) is 5.46. The van der Waals surface area contributed by atoms with Gasteiger partial charge in [-0.05, 0) is 51.5 Å². The molecule has 0 fully saturated rings. The summed E-state index contributed by atoms with van der Waals surface area (Å²) in [6.07, 6.45) is 7.89. The molecule has 1 aliphatic carbocycles. The molecule has 3 rings (SSSR count). The molecule has 0 radical (unpaired) electrons. The van der Waals surface area contributed by atoms with Crippen LogP contribution in [0.15, 0.2) is 6.20 Å². The van der Waals surface area contributed by atoms with Crippen molar-refractivity contribution >= 4 is 5.91 Å². The van der Waals surface area contributed by atoms with Crippen molar-refractivity contribution in [2.45, 2.75) is 65.8 Å². The van der Waals surface area contributed by atoms with Gasteiger partial charge in [-0.2, -0.15) is 5.10 Å².